The van der Waals surface area contributed by atoms with Crippen molar-refractivity contribution in [1.82, 2.24) is 4.90 Å². The van der Waals surface area contributed by atoms with Crippen molar-refractivity contribution in [2.24, 2.45) is 0 Å². The molecule has 0 aliphatic carbocycles. The lowest BCUT2D eigenvalue weighted by Crippen LogP contribution is -2.32. The zero-order valence-corrected chi connectivity index (χ0v) is 19.6. The van der Waals surface area contributed by atoms with Crippen LogP contribution in [-0.2, 0) is 4.79 Å². The second-order valence-electron chi connectivity index (χ2n) is 6.53. The third-order valence-electron chi connectivity index (χ3n) is 4.43. The van der Waals surface area contributed by atoms with Gasteiger partial charge >= 0.3 is 0 Å². The molecule has 2 amide bonds. The molecule has 0 atom stereocenters. The molecule has 0 spiro atoms. The van der Waals surface area contributed by atoms with Gasteiger partial charge < -0.3 is 18.9 Å². The summed E-state index contributed by atoms with van der Waals surface area (Å²) in [5.41, 5.74) is 0.637. The van der Waals surface area contributed by atoms with Crippen LogP contribution >= 0.6 is 23.4 Å². The highest BCUT2D eigenvalue weighted by Crippen LogP contribution is 2.39. The molecule has 0 bridgehead atoms. The van der Waals surface area contributed by atoms with Gasteiger partial charge in [-0.1, -0.05) is 23.7 Å². The second-order valence-corrected chi connectivity index (χ2v) is 7.93. The third-order valence-corrected chi connectivity index (χ3v) is 5.62. The summed E-state index contributed by atoms with van der Waals surface area (Å²) in [6.07, 6.45) is 1.62. The maximum absolute atomic E-state index is 12.8. The number of imide groups is 1. The van der Waals surface area contributed by atoms with Crippen molar-refractivity contribution in [2.45, 2.75) is 13.8 Å². The molecule has 9 heteroatoms. The predicted molar refractivity (Wildman–Crippen MR) is 125 cm³/mol. The molecule has 0 unspecified atom stereocenters. The van der Waals surface area contributed by atoms with E-state index in [9.17, 15) is 9.59 Å². The van der Waals surface area contributed by atoms with Gasteiger partial charge in [-0.3, -0.25) is 14.5 Å². The van der Waals surface area contributed by atoms with E-state index in [2.05, 4.69) is 0 Å². The molecule has 1 saturated heterocycles. The highest BCUT2D eigenvalue weighted by atomic mass is 35.5. The van der Waals surface area contributed by atoms with Crippen LogP contribution < -0.4 is 18.9 Å². The number of amides is 2. The van der Waals surface area contributed by atoms with Crippen LogP contribution in [-0.4, -0.2) is 49.5 Å². The molecule has 1 heterocycles. The monoisotopic (exact) mass is 477 g/mol. The van der Waals surface area contributed by atoms with Crippen LogP contribution in [0.3, 0.4) is 0 Å². The van der Waals surface area contributed by atoms with Crippen LogP contribution in [0.2, 0.25) is 5.02 Å². The summed E-state index contributed by atoms with van der Waals surface area (Å²) in [4.78, 5) is 26.7. The van der Waals surface area contributed by atoms with Gasteiger partial charge in [0.1, 0.15) is 6.61 Å². The Hall–Kier alpha value is -2.84. The Morgan fingerprint density at radius 3 is 2.41 bits per heavy atom. The van der Waals surface area contributed by atoms with Crippen molar-refractivity contribution in [3.8, 4) is 23.0 Å². The normalized spacial score (nSPS) is 14.8. The number of benzene rings is 2. The lowest BCUT2D eigenvalue weighted by molar-refractivity contribution is -0.123. The summed E-state index contributed by atoms with van der Waals surface area (Å²) in [5, 5.41) is 0.0143. The molecule has 1 aliphatic rings. The Balaban J connectivity index is 1.72. The summed E-state index contributed by atoms with van der Waals surface area (Å²) in [6, 6.07) is 10.6. The van der Waals surface area contributed by atoms with E-state index in [1.807, 2.05) is 26.0 Å². The summed E-state index contributed by atoms with van der Waals surface area (Å²) in [6.45, 7) is 4.85. The first-order chi connectivity index (χ1) is 15.5. The van der Waals surface area contributed by atoms with Crippen LogP contribution in [0.25, 0.3) is 6.08 Å². The van der Waals surface area contributed by atoms with Crippen LogP contribution in [0.1, 0.15) is 19.4 Å². The van der Waals surface area contributed by atoms with Crippen LogP contribution in [0.5, 0.6) is 23.0 Å². The average Bonchev–Trinajstić information content (AvgIpc) is 3.04. The van der Waals surface area contributed by atoms with E-state index in [1.165, 1.54) is 0 Å². The number of carbonyl (C=O) groups excluding carboxylic acids is 2. The Morgan fingerprint density at radius 2 is 1.72 bits per heavy atom. The number of methoxy groups -OCH3 is 1. The number of thioether (sulfide) groups is 1. The van der Waals surface area contributed by atoms with E-state index in [-0.39, 0.29) is 24.3 Å². The van der Waals surface area contributed by atoms with Crippen molar-refractivity contribution in [1.29, 1.82) is 0 Å². The maximum Gasteiger partial charge on any atom is 0.293 e. The highest BCUT2D eigenvalue weighted by molar-refractivity contribution is 8.18. The van der Waals surface area contributed by atoms with Crippen molar-refractivity contribution in [3.63, 3.8) is 0 Å². The van der Waals surface area contributed by atoms with Crippen molar-refractivity contribution < 1.29 is 28.5 Å². The summed E-state index contributed by atoms with van der Waals surface area (Å²) in [7, 11) is 1.55. The zero-order chi connectivity index (χ0) is 23.1. The molecular weight excluding hydrogens is 454 g/mol. The maximum atomic E-state index is 12.8. The minimum atomic E-state index is -0.383. The standard InChI is InChI=1S/C23H24ClNO6S/c1-4-29-19-13-15(12-16(24)21(19)30-5-2)14-20-22(26)25(23(27)32-20)10-11-31-18-9-7-6-8-17(18)28-3/h6-9,12-14H,4-5,10-11H2,1-3H3/b20-14-. The van der Waals surface area contributed by atoms with Gasteiger partial charge in [0.15, 0.2) is 23.0 Å². The van der Waals surface area contributed by atoms with Gasteiger partial charge in [-0.05, 0) is 61.5 Å². The Kier molecular flexibility index (Phi) is 8.30. The number of carbonyl (C=O) groups is 2. The quantitative estimate of drug-likeness (QED) is 0.432. The van der Waals surface area contributed by atoms with Crippen molar-refractivity contribution in [2.75, 3.05) is 33.5 Å². The second kappa shape index (κ2) is 11.2. The van der Waals surface area contributed by atoms with Crippen molar-refractivity contribution in [3.05, 3.63) is 51.9 Å². The molecule has 0 N–H and O–H groups in total. The minimum absolute atomic E-state index is 0.119. The minimum Gasteiger partial charge on any atom is -0.493 e. The van der Waals surface area contributed by atoms with E-state index < -0.39 is 0 Å². The molecule has 1 aliphatic heterocycles. The number of halogens is 1. The SMILES string of the molecule is CCOc1cc(/C=C2\SC(=O)N(CCOc3ccccc3OC)C2=O)cc(Cl)c1OCC. The number of nitrogens with zero attached hydrogens (tertiary/aromatic N) is 1. The average molecular weight is 478 g/mol. The van der Waals surface area contributed by atoms with Gasteiger partial charge in [-0.15, -0.1) is 0 Å². The Labute approximate surface area is 196 Å². The largest absolute Gasteiger partial charge is 0.493 e. The molecule has 1 fully saturated rings. The first-order valence-corrected chi connectivity index (χ1v) is 11.3. The van der Waals surface area contributed by atoms with Crippen LogP contribution in [0.15, 0.2) is 41.3 Å². The molecule has 7 nitrogen and oxygen atoms in total. The number of ether oxygens (including phenoxy) is 4. The van der Waals surface area contributed by atoms with Gasteiger partial charge in [0, 0.05) is 0 Å². The summed E-state index contributed by atoms with van der Waals surface area (Å²) in [5.74, 6) is 1.68. The molecule has 170 valence electrons. The first kappa shape index (κ1) is 23.8. The smallest absolute Gasteiger partial charge is 0.293 e. The molecule has 0 saturated carbocycles. The van der Waals surface area contributed by atoms with E-state index in [0.29, 0.717) is 51.7 Å². The molecule has 0 radical (unpaired) electrons. The van der Waals surface area contributed by atoms with Gasteiger partial charge in [-0.25, -0.2) is 0 Å². The van der Waals surface area contributed by atoms with Gasteiger partial charge in [0.05, 0.1) is 36.8 Å². The number of hydrogen-bond donors (Lipinski definition) is 0. The Bertz CT molecular complexity index is 1030. The van der Waals surface area contributed by atoms with Gasteiger partial charge in [0.2, 0.25) is 0 Å². The summed E-state index contributed by atoms with van der Waals surface area (Å²) >= 11 is 7.22. The predicted octanol–water partition coefficient (Wildman–Crippen LogP) is 5.26. The van der Waals surface area contributed by atoms with E-state index in [1.54, 1.807) is 37.5 Å². The van der Waals surface area contributed by atoms with E-state index in [0.717, 1.165) is 16.7 Å². The number of para-hydroxylation sites is 2. The van der Waals surface area contributed by atoms with Crippen LogP contribution in [0, 0.1) is 0 Å². The first-order valence-electron chi connectivity index (χ1n) is 10.1. The van der Waals surface area contributed by atoms with E-state index >= 15 is 0 Å². The summed E-state index contributed by atoms with van der Waals surface area (Å²) < 4.78 is 22.1. The third kappa shape index (κ3) is 5.49. The number of rotatable bonds is 10. The lowest BCUT2D eigenvalue weighted by Gasteiger charge is -2.15. The fourth-order valence-electron chi connectivity index (χ4n) is 3.05. The Morgan fingerprint density at radius 1 is 1.00 bits per heavy atom. The van der Waals surface area contributed by atoms with Gasteiger partial charge in [0.25, 0.3) is 11.1 Å². The van der Waals surface area contributed by atoms with Crippen LogP contribution in [0.4, 0.5) is 4.79 Å². The van der Waals surface area contributed by atoms with Crippen molar-refractivity contribution >= 4 is 40.6 Å². The topological polar surface area (TPSA) is 74.3 Å². The molecule has 2 aromatic carbocycles. The highest BCUT2D eigenvalue weighted by Gasteiger charge is 2.35. The fraction of sp³-hybridized carbons (Fsp3) is 0.304. The molecule has 2 aromatic rings. The fourth-order valence-corrected chi connectivity index (χ4v) is 4.19. The lowest BCUT2D eigenvalue weighted by atomic mass is 10.1. The number of hydrogen-bond acceptors (Lipinski definition) is 7. The molecule has 3 rings (SSSR count). The molecule has 32 heavy (non-hydrogen) atoms. The van der Waals surface area contributed by atoms with Gasteiger partial charge in [-0.2, -0.15) is 0 Å². The van der Waals surface area contributed by atoms with E-state index in [4.69, 9.17) is 30.5 Å². The molecule has 0 aromatic heterocycles. The molecular formula is C23H24ClNO6S. The zero-order valence-electron chi connectivity index (χ0n) is 18.1.